The van der Waals surface area contributed by atoms with Crippen LogP contribution in [0.25, 0.3) is 0 Å². The summed E-state index contributed by atoms with van der Waals surface area (Å²) in [7, 11) is -2.17. The van der Waals surface area contributed by atoms with Gasteiger partial charge in [-0.1, -0.05) is 12.8 Å². The van der Waals surface area contributed by atoms with Crippen LogP contribution in [0.3, 0.4) is 0 Å². The van der Waals surface area contributed by atoms with Crippen LogP contribution in [-0.2, 0) is 4.57 Å². The molecule has 1 fully saturated rings. The highest BCUT2D eigenvalue weighted by Crippen LogP contribution is 2.61. The summed E-state index contributed by atoms with van der Waals surface area (Å²) < 4.78 is 11.9. The van der Waals surface area contributed by atoms with Crippen molar-refractivity contribution in [1.29, 1.82) is 0 Å². The average Bonchev–Trinajstić information content (AvgIpc) is 2.24. The van der Waals surface area contributed by atoms with Gasteiger partial charge in [-0.2, -0.15) is 0 Å². The Labute approximate surface area is 73.0 Å². The van der Waals surface area contributed by atoms with Crippen molar-refractivity contribution >= 4 is 7.14 Å². The van der Waals surface area contributed by atoms with E-state index in [4.69, 9.17) is 0 Å². The molecule has 1 saturated carbocycles. The van der Waals surface area contributed by atoms with Crippen LogP contribution < -0.4 is 0 Å². The van der Waals surface area contributed by atoms with Crippen LogP contribution >= 0.6 is 7.14 Å². The van der Waals surface area contributed by atoms with Gasteiger partial charge in [0.1, 0.15) is 7.14 Å². The molecule has 3 heteroatoms. The smallest absolute Gasteiger partial charge is 0.111 e. The molecule has 0 bridgehead atoms. The number of hydrogen-bond donors (Lipinski definition) is 1. The summed E-state index contributed by atoms with van der Waals surface area (Å²) >= 11 is 0. The second-order valence-corrected chi connectivity index (χ2v) is 7.17. The first-order valence-electron chi connectivity index (χ1n) is 4.54. The molecule has 0 aromatic heterocycles. The molecule has 1 aliphatic heterocycles. The standard InChI is InChI=1S/C9H15O2P/c1-12(11)7-6-9(10)5-3-2-4-8(9)12/h6-8,10H,2-5H2,1H3/t8-,9+,12+/m1/s1. The van der Waals surface area contributed by atoms with Gasteiger partial charge in [-0.3, -0.25) is 0 Å². The van der Waals surface area contributed by atoms with Gasteiger partial charge in [0.05, 0.1) is 5.60 Å². The third-order valence-corrected chi connectivity index (χ3v) is 5.84. The Morgan fingerprint density at radius 1 is 1.58 bits per heavy atom. The average molecular weight is 186 g/mol. The van der Waals surface area contributed by atoms with Gasteiger partial charge in [-0.05, 0) is 31.4 Å². The zero-order chi connectivity index (χ0) is 8.82. The summed E-state index contributed by atoms with van der Waals surface area (Å²) in [6.07, 6.45) is 5.69. The van der Waals surface area contributed by atoms with Crippen LogP contribution in [0.15, 0.2) is 11.9 Å². The van der Waals surface area contributed by atoms with E-state index in [1.807, 2.05) is 0 Å². The largest absolute Gasteiger partial charge is 0.385 e. The summed E-state index contributed by atoms with van der Waals surface area (Å²) in [6.45, 7) is 1.79. The molecule has 2 aliphatic rings. The van der Waals surface area contributed by atoms with E-state index < -0.39 is 12.7 Å². The molecule has 3 atom stereocenters. The molecule has 1 N–H and O–H groups in total. The molecule has 1 heterocycles. The van der Waals surface area contributed by atoms with Crippen LogP contribution in [0.2, 0.25) is 0 Å². The molecule has 0 amide bonds. The van der Waals surface area contributed by atoms with Crippen molar-refractivity contribution in [2.75, 3.05) is 6.66 Å². The Kier molecular flexibility index (Phi) is 1.75. The van der Waals surface area contributed by atoms with Crippen LogP contribution in [0.5, 0.6) is 0 Å². The zero-order valence-electron chi connectivity index (χ0n) is 7.36. The SMILES string of the molecule is C[P@]1(=O)C=C[C@@]2(O)CCCC[C@H]21. The van der Waals surface area contributed by atoms with Crippen LogP contribution in [0.4, 0.5) is 0 Å². The molecular weight excluding hydrogens is 171 g/mol. The normalized spacial score (nSPS) is 52.3. The topological polar surface area (TPSA) is 37.3 Å². The van der Waals surface area contributed by atoms with Gasteiger partial charge in [0, 0.05) is 5.66 Å². The van der Waals surface area contributed by atoms with Gasteiger partial charge in [0.25, 0.3) is 0 Å². The minimum absolute atomic E-state index is 0.0266. The van der Waals surface area contributed by atoms with Crippen LogP contribution in [0, 0.1) is 0 Å². The maximum Gasteiger partial charge on any atom is 0.111 e. The fraction of sp³-hybridized carbons (Fsp3) is 0.778. The lowest BCUT2D eigenvalue weighted by molar-refractivity contribution is 0.0582. The summed E-state index contributed by atoms with van der Waals surface area (Å²) in [6, 6.07) is 0. The van der Waals surface area contributed by atoms with Crippen molar-refractivity contribution in [3.63, 3.8) is 0 Å². The number of hydrogen-bond acceptors (Lipinski definition) is 2. The second-order valence-electron chi connectivity index (χ2n) is 4.13. The molecule has 2 nitrogen and oxygen atoms in total. The summed E-state index contributed by atoms with van der Waals surface area (Å²) in [5.41, 5.74) is -0.693. The Bertz CT molecular complexity index is 272. The Morgan fingerprint density at radius 3 is 3.00 bits per heavy atom. The fourth-order valence-electron chi connectivity index (χ4n) is 2.44. The minimum Gasteiger partial charge on any atom is -0.385 e. The van der Waals surface area contributed by atoms with E-state index in [0.29, 0.717) is 0 Å². The van der Waals surface area contributed by atoms with Crippen molar-refractivity contribution in [1.82, 2.24) is 0 Å². The highest BCUT2D eigenvalue weighted by molar-refractivity contribution is 7.67. The first-order valence-corrected chi connectivity index (χ1v) is 6.83. The van der Waals surface area contributed by atoms with Gasteiger partial charge in [0.2, 0.25) is 0 Å². The van der Waals surface area contributed by atoms with Gasteiger partial charge >= 0.3 is 0 Å². The lowest BCUT2D eigenvalue weighted by Gasteiger charge is -2.35. The van der Waals surface area contributed by atoms with Gasteiger partial charge in [0.15, 0.2) is 0 Å². The predicted molar refractivity (Wildman–Crippen MR) is 49.9 cm³/mol. The van der Waals surface area contributed by atoms with Crippen molar-refractivity contribution in [2.24, 2.45) is 0 Å². The van der Waals surface area contributed by atoms with E-state index in [9.17, 15) is 9.67 Å². The molecule has 12 heavy (non-hydrogen) atoms. The van der Waals surface area contributed by atoms with Crippen LogP contribution in [-0.4, -0.2) is 23.0 Å². The highest BCUT2D eigenvalue weighted by Gasteiger charge is 2.48. The molecule has 0 spiro atoms. The van der Waals surface area contributed by atoms with Crippen molar-refractivity contribution in [3.8, 4) is 0 Å². The Balaban J connectivity index is 2.34. The molecular formula is C9H15O2P. The van der Waals surface area contributed by atoms with Crippen molar-refractivity contribution in [3.05, 3.63) is 11.9 Å². The molecule has 0 saturated heterocycles. The molecule has 0 aromatic carbocycles. The molecule has 1 aliphatic carbocycles. The van der Waals surface area contributed by atoms with E-state index in [0.717, 1.165) is 25.7 Å². The monoisotopic (exact) mass is 186 g/mol. The third-order valence-electron chi connectivity index (χ3n) is 3.16. The first kappa shape index (κ1) is 8.52. The molecule has 0 aromatic rings. The van der Waals surface area contributed by atoms with Gasteiger partial charge < -0.3 is 9.67 Å². The van der Waals surface area contributed by atoms with Gasteiger partial charge in [-0.25, -0.2) is 0 Å². The predicted octanol–water partition coefficient (Wildman–Crippen LogP) is 2.18. The van der Waals surface area contributed by atoms with Crippen LogP contribution in [0.1, 0.15) is 25.7 Å². The molecule has 68 valence electrons. The maximum atomic E-state index is 11.9. The summed E-state index contributed by atoms with van der Waals surface area (Å²) in [4.78, 5) is 0. The zero-order valence-corrected chi connectivity index (χ0v) is 8.26. The number of rotatable bonds is 0. The van der Waals surface area contributed by atoms with E-state index in [-0.39, 0.29) is 5.66 Å². The minimum atomic E-state index is -2.17. The van der Waals surface area contributed by atoms with E-state index >= 15 is 0 Å². The second kappa shape index (κ2) is 2.46. The lowest BCUT2D eigenvalue weighted by atomic mass is 9.85. The summed E-state index contributed by atoms with van der Waals surface area (Å²) in [5.74, 6) is 1.75. The van der Waals surface area contributed by atoms with E-state index in [1.54, 1.807) is 18.6 Å². The lowest BCUT2D eigenvalue weighted by Crippen LogP contribution is -2.39. The molecule has 0 radical (unpaired) electrons. The quantitative estimate of drug-likeness (QED) is 0.589. The maximum absolute atomic E-state index is 11.9. The number of aliphatic hydroxyl groups is 1. The first-order chi connectivity index (χ1) is 5.55. The Hall–Kier alpha value is -0.0700. The van der Waals surface area contributed by atoms with Crippen molar-refractivity contribution < 1.29 is 9.67 Å². The van der Waals surface area contributed by atoms with Crippen molar-refractivity contribution in [2.45, 2.75) is 36.9 Å². The molecule has 2 rings (SSSR count). The fourth-order valence-corrected chi connectivity index (χ4v) is 5.00. The molecule has 0 unspecified atom stereocenters. The van der Waals surface area contributed by atoms with E-state index in [2.05, 4.69) is 0 Å². The third kappa shape index (κ3) is 1.09. The number of fused-ring (bicyclic) bond motifs is 1. The summed E-state index contributed by atoms with van der Waals surface area (Å²) in [5, 5.41) is 10.1. The Morgan fingerprint density at radius 2 is 2.33 bits per heavy atom. The van der Waals surface area contributed by atoms with E-state index in [1.165, 1.54) is 0 Å². The van der Waals surface area contributed by atoms with Gasteiger partial charge in [-0.15, -0.1) is 0 Å². The highest BCUT2D eigenvalue weighted by atomic mass is 31.2.